The zero-order chi connectivity index (χ0) is 13.7. The molecule has 3 heteroatoms. The van der Waals surface area contributed by atoms with Crippen molar-refractivity contribution in [2.75, 3.05) is 7.05 Å². The molecule has 1 heterocycles. The van der Waals surface area contributed by atoms with E-state index in [0.29, 0.717) is 5.41 Å². The molecule has 0 radical (unpaired) electrons. The van der Waals surface area contributed by atoms with Gasteiger partial charge in [0.25, 0.3) is 0 Å². The van der Waals surface area contributed by atoms with Gasteiger partial charge >= 0.3 is 0 Å². The van der Waals surface area contributed by atoms with E-state index in [9.17, 15) is 0 Å². The Labute approximate surface area is 121 Å². The maximum absolute atomic E-state index is 4.94. The van der Waals surface area contributed by atoms with Gasteiger partial charge in [-0.1, -0.05) is 0 Å². The van der Waals surface area contributed by atoms with Crippen LogP contribution in [0.15, 0.2) is 6.07 Å². The van der Waals surface area contributed by atoms with Crippen LogP contribution in [0.3, 0.4) is 0 Å². The highest BCUT2D eigenvalue weighted by Gasteiger charge is 2.52. The van der Waals surface area contributed by atoms with E-state index in [2.05, 4.69) is 23.3 Å². The van der Waals surface area contributed by atoms with E-state index < -0.39 is 0 Å². The van der Waals surface area contributed by atoms with Gasteiger partial charge in [0.05, 0.1) is 12.2 Å². The third-order valence-electron chi connectivity index (χ3n) is 5.82. The first-order valence-electron chi connectivity index (χ1n) is 8.16. The maximum atomic E-state index is 4.94. The van der Waals surface area contributed by atoms with E-state index in [1.807, 2.05) is 7.05 Å². The molecule has 1 N–H and O–H groups in total. The van der Waals surface area contributed by atoms with Crippen LogP contribution in [0.1, 0.15) is 55.7 Å². The molecule has 0 aliphatic heterocycles. The summed E-state index contributed by atoms with van der Waals surface area (Å²) in [5, 5.41) is 3.19. The highest BCUT2D eigenvalue weighted by atomic mass is 15.0. The van der Waals surface area contributed by atoms with Crippen LogP contribution in [0.25, 0.3) is 0 Å². The van der Waals surface area contributed by atoms with Gasteiger partial charge in [0.1, 0.15) is 5.82 Å². The molecule has 4 bridgehead atoms. The van der Waals surface area contributed by atoms with E-state index in [1.165, 1.54) is 44.2 Å². The molecule has 0 saturated heterocycles. The van der Waals surface area contributed by atoms with E-state index in [0.717, 1.165) is 35.8 Å². The Morgan fingerprint density at radius 3 is 2.25 bits per heavy atom. The molecule has 1 aromatic rings. The van der Waals surface area contributed by atoms with Crippen LogP contribution in [-0.2, 0) is 12.0 Å². The summed E-state index contributed by atoms with van der Waals surface area (Å²) in [4.78, 5) is 9.52. The normalized spacial score (nSPS) is 38.4. The summed E-state index contributed by atoms with van der Waals surface area (Å²) in [5.74, 6) is 3.90. The topological polar surface area (TPSA) is 37.8 Å². The second-order valence-corrected chi connectivity index (χ2v) is 7.54. The minimum atomic E-state index is 0.394. The molecule has 0 atom stereocenters. The first kappa shape index (κ1) is 12.8. The quantitative estimate of drug-likeness (QED) is 0.918. The Morgan fingerprint density at radius 1 is 1.10 bits per heavy atom. The van der Waals surface area contributed by atoms with Crippen molar-refractivity contribution >= 4 is 0 Å². The number of aromatic nitrogens is 2. The monoisotopic (exact) mass is 271 g/mol. The number of nitrogens with one attached hydrogen (secondary N) is 1. The Hall–Kier alpha value is -0.960. The van der Waals surface area contributed by atoms with Crippen molar-refractivity contribution in [3.63, 3.8) is 0 Å². The minimum absolute atomic E-state index is 0.394. The molecular formula is C17H25N3. The van der Waals surface area contributed by atoms with Crippen molar-refractivity contribution in [2.24, 2.45) is 17.8 Å². The average Bonchev–Trinajstić information content (AvgIpc) is 2.36. The third-order valence-corrected chi connectivity index (χ3v) is 5.82. The number of nitrogens with zero attached hydrogens (tertiary/aromatic N) is 2. The van der Waals surface area contributed by atoms with Gasteiger partial charge in [-0.25, -0.2) is 9.97 Å². The number of hydrogen-bond donors (Lipinski definition) is 1. The van der Waals surface area contributed by atoms with Crippen LogP contribution < -0.4 is 5.32 Å². The fourth-order valence-electron chi connectivity index (χ4n) is 5.56. The minimum Gasteiger partial charge on any atom is -0.313 e. The highest BCUT2D eigenvalue weighted by Crippen LogP contribution is 2.60. The van der Waals surface area contributed by atoms with Gasteiger partial charge in [-0.3, -0.25) is 0 Å². The summed E-state index contributed by atoms with van der Waals surface area (Å²) in [7, 11) is 1.97. The van der Waals surface area contributed by atoms with Gasteiger partial charge in [0.2, 0.25) is 0 Å². The lowest BCUT2D eigenvalue weighted by atomic mass is 9.49. The smallest absolute Gasteiger partial charge is 0.142 e. The van der Waals surface area contributed by atoms with Crippen molar-refractivity contribution in [1.82, 2.24) is 15.3 Å². The van der Waals surface area contributed by atoms with Crippen LogP contribution in [0.4, 0.5) is 0 Å². The van der Waals surface area contributed by atoms with Crippen molar-refractivity contribution in [3.8, 4) is 0 Å². The number of aryl methyl sites for hydroxylation is 1. The molecule has 4 saturated carbocycles. The van der Waals surface area contributed by atoms with Gasteiger partial charge in [-0.15, -0.1) is 0 Å². The first-order valence-corrected chi connectivity index (χ1v) is 8.16. The van der Waals surface area contributed by atoms with Crippen LogP contribution in [-0.4, -0.2) is 17.0 Å². The van der Waals surface area contributed by atoms with Crippen molar-refractivity contribution in [1.29, 1.82) is 0 Å². The van der Waals surface area contributed by atoms with Gasteiger partial charge in [0.15, 0.2) is 0 Å². The molecule has 0 amide bonds. The SMILES string of the molecule is CNCc1nc(C)cc(C23CC4CC(CC(C4)C2)C3)n1. The molecule has 5 rings (SSSR count). The lowest BCUT2D eigenvalue weighted by molar-refractivity contribution is -0.00740. The Bertz CT molecular complexity index is 488. The fourth-order valence-corrected chi connectivity index (χ4v) is 5.56. The number of rotatable bonds is 3. The Morgan fingerprint density at radius 2 is 1.70 bits per heavy atom. The highest BCUT2D eigenvalue weighted by molar-refractivity contribution is 5.25. The first-order chi connectivity index (χ1) is 9.67. The molecule has 0 spiro atoms. The van der Waals surface area contributed by atoms with Crippen LogP contribution >= 0.6 is 0 Å². The summed E-state index contributed by atoms with van der Waals surface area (Å²) in [6.45, 7) is 2.89. The van der Waals surface area contributed by atoms with Crippen molar-refractivity contribution in [2.45, 2.75) is 57.4 Å². The summed E-state index contributed by atoms with van der Waals surface area (Å²) in [6, 6.07) is 2.27. The van der Waals surface area contributed by atoms with E-state index in [4.69, 9.17) is 4.98 Å². The molecule has 0 aromatic carbocycles. The van der Waals surface area contributed by atoms with Crippen LogP contribution in [0.5, 0.6) is 0 Å². The average molecular weight is 271 g/mol. The number of hydrogen-bond acceptors (Lipinski definition) is 3. The molecule has 20 heavy (non-hydrogen) atoms. The Kier molecular flexibility index (Phi) is 2.88. The lowest BCUT2D eigenvalue weighted by Gasteiger charge is -2.56. The molecule has 0 unspecified atom stereocenters. The predicted octanol–water partition coefficient (Wildman–Crippen LogP) is 2.97. The molecular weight excluding hydrogens is 246 g/mol. The molecule has 4 fully saturated rings. The summed E-state index contributed by atoms with van der Waals surface area (Å²) in [5.41, 5.74) is 2.88. The van der Waals surface area contributed by atoms with Gasteiger partial charge in [-0.05, 0) is 76.3 Å². The fraction of sp³-hybridized carbons (Fsp3) is 0.765. The standard InChI is InChI=1S/C17H25N3/c1-11-3-15(20-16(19-11)10-18-2)17-7-12-4-13(8-17)6-14(5-12)9-17/h3,12-14,18H,4-10H2,1-2H3. The van der Waals surface area contributed by atoms with Crippen molar-refractivity contribution < 1.29 is 0 Å². The molecule has 4 aliphatic carbocycles. The van der Waals surface area contributed by atoms with Crippen LogP contribution in [0, 0.1) is 24.7 Å². The molecule has 4 aliphatic rings. The van der Waals surface area contributed by atoms with E-state index in [1.54, 1.807) is 0 Å². The van der Waals surface area contributed by atoms with E-state index >= 15 is 0 Å². The van der Waals surface area contributed by atoms with Gasteiger partial charge < -0.3 is 5.32 Å². The third kappa shape index (κ3) is 1.98. The summed E-state index contributed by atoms with van der Waals surface area (Å²) >= 11 is 0. The van der Waals surface area contributed by atoms with Gasteiger partial charge in [-0.2, -0.15) is 0 Å². The summed E-state index contributed by atoms with van der Waals surface area (Å²) < 4.78 is 0. The Balaban J connectivity index is 1.73. The second-order valence-electron chi connectivity index (χ2n) is 7.54. The van der Waals surface area contributed by atoms with Gasteiger partial charge in [0, 0.05) is 11.1 Å². The maximum Gasteiger partial charge on any atom is 0.142 e. The van der Waals surface area contributed by atoms with Crippen LogP contribution in [0.2, 0.25) is 0 Å². The largest absolute Gasteiger partial charge is 0.313 e. The molecule has 3 nitrogen and oxygen atoms in total. The zero-order valence-electron chi connectivity index (χ0n) is 12.7. The zero-order valence-corrected chi connectivity index (χ0v) is 12.7. The van der Waals surface area contributed by atoms with E-state index in [-0.39, 0.29) is 0 Å². The molecule has 1 aromatic heterocycles. The molecule has 108 valence electrons. The summed E-state index contributed by atoms with van der Waals surface area (Å²) in [6.07, 6.45) is 8.63. The van der Waals surface area contributed by atoms with Crippen molar-refractivity contribution in [3.05, 3.63) is 23.3 Å². The predicted molar refractivity (Wildman–Crippen MR) is 79.4 cm³/mol. The second kappa shape index (κ2) is 4.52. The lowest BCUT2D eigenvalue weighted by Crippen LogP contribution is -2.49.